The van der Waals surface area contributed by atoms with Crippen LogP contribution in [0.2, 0.25) is 0 Å². The molecule has 5 rings (SSSR count). The van der Waals surface area contributed by atoms with E-state index >= 15 is 0 Å². The van der Waals surface area contributed by atoms with Crippen LogP contribution in [0.1, 0.15) is 20.3 Å². The van der Waals surface area contributed by atoms with Gasteiger partial charge in [0.25, 0.3) is 0 Å². The first-order valence-electron chi connectivity index (χ1n) is 6.15. The van der Waals surface area contributed by atoms with Crippen LogP contribution in [-0.2, 0) is 9.53 Å². The third-order valence-corrected chi connectivity index (χ3v) is 5.59. The number of rotatable bonds is 0. The van der Waals surface area contributed by atoms with Gasteiger partial charge in [-0.15, -0.1) is 0 Å². The van der Waals surface area contributed by atoms with E-state index in [2.05, 4.69) is 32.1 Å². The van der Waals surface area contributed by atoms with E-state index in [-0.39, 0.29) is 11.3 Å². The highest BCUT2D eigenvalue weighted by molar-refractivity contribution is 5.98. The Bertz CT molecular complexity index is 455. The first-order chi connectivity index (χ1) is 7.61. The molecule has 1 saturated heterocycles. The summed E-state index contributed by atoms with van der Waals surface area (Å²) in [4.78, 5) is 12.5. The first kappa shape index (κ1) is 9.17. The normalized spacial score (nSPS) is 56.8. The summed E-state index contributed by atoms with van der Waals surface area (Å²) in [6.07, 6.45) is 7.82. The van der Waals surface area contributed by atoms with Crippen molar-refractivity contribution in [2.45, 2.75) is 25.9 Å². The van der Waals surface area contributed by atoms with Gasteiger partial charge in [0.05, 0.1) is 6.61 Å². The minimum atomic E-state index is -0.441. The van der Waals surface area contributed by atoms with Crippen molar-refractivity contribution in [3.05, 3.63) is 23.8 Å². The van der Waals surface area contributed by atoms with Gasteiger partial charge in [0.1, 0.15) is 0 Å². The van der Waals surface area contributed by atoms with Crippen molar-refractivity contribution in [1.82, 2.24) is 0 Å². The van der Waals surface area contributed by atoms with Gasteiger partial charge >= 0.3 is 0 Å². The second-order valence-electron chi connectivity index (χ2n) is 5.91. The van der Waals surface area contributed by atoms with E-state index in [0.717, 1.165) is 6.42 Å². The van der Waals surface area contributed by atoms with Crippen LogP contribution in [0.15, 0.2) is 23.8 Å². The van der Waals surface area contributed by atoms with Crippen LogP contribution >= 0.6 is 0 Å². The fraction of sp³-hybridized carbons (Fsp3) is 0.643. The van der Waals surface area contributed by atoms with Gasteiger partial charge < -0.3 is 4.74 Å². The summed E-state index contributed by atoms with van der Waals surface area (Å²) in [7, 11) is 0. The second-order valence-corrected chi connectivity index (χ2v) is 5.91. The molecule has 2 fully saturated rings. The molecule has 0 aromatic heterocycles. The predicted octanol–water partition coefficient (Wildman–Crippen LogP) is 2.11. The molecule has 4 aliphatic carbocycles. The maximum Gasteiger partial charge on any atom is 0.175 e. The lowest BCUT2D eigenvalue weighted by atomic mass is 9.47. The van der Waals surface area contributed by atoms with Gasteiger partial charge in [0.2, 0.25) is 0 Å². The Hall–Kier alpha value is -0.890. The van der Waals surface area contributed by atoms with Gasteiger partial charge in [-0.05, 0) is 25.2 Å². The van der Waals surface area contributed by atoms with E-state index < -0.39 is 5.60 Å². The number of ether oxygens (including phenoxy) is 1. The van der Waals surface area contributed by atoms with Crippen molar-refractivity contribution in [3.8, 4) is 0 Å². The summed E-state index contributed by atoms with van der Waals surface area (Å²) in [5, 5.41) is 0. The van der Waals surface area contributed by atoms with E-state index in [1.807, 2.05) is 0 Å². The third kappa shape index (κ3) is 0.682. The van der Waals surface area contributed by atoms with E-state index in [0.29, 0.717) is 24.2 Å². The molecule has 2 bridgehead atoms. The average Bonchev–Trinajstić information content (AvgIpc) is 2.91. The van der Waals surface area contributed by atoms with Crippen LogP contribution in [0, 0.1) is 23.2 Å². The number of carbonyl (C=O) groups excluding carboxylic acids is 1. The molecule has 2 heteroatoms. The van der Waals surface area contributed by atoms with Gasteiger partial charge in [-0.3, -0.25) is 4.79 Å². The van der Waals surface area contributed by atoms with Gasteiger partial charge in [-0.1, -0.05) is 30.7 Å². The van der Waals surface area contributed by atoms with Crippen molar-refractivity contribution < 1.29 is 9.53 Å². The van der Waals surface area contributed by atoms with Crippen LogP contribution in [0.4, 0.5) is 0 Å². The van der Waals surface area contributed by atoms with Crippen LogP contribution < -0.4 is 0 Å². The number of carbonyl (C=O) groups is 1. The topological polar surface area (TPSA) is 29.6 Å². The Balaban J connectivity index is 1.98. The van der Waals surface area contributed by atoms with Crippen LogP contribution in [-0.4, -0.2) is 18.0 Å². The van der Waals surface area contributed by atoms with Crippen molar-refractivity contribution >= 4 is 5.78 Å². The predicted molar refractivity (Wildman–Crippen MR) is 59.8 cm³/mol. The molecule has 1 spiro atoms. The molecular formula is C14H16O2. The SMILES string of the molecule is CC1=CC2C(=O)C3(CO3)C1(C)C1CC=CC21. The standard InChI is InChI=1S/C14H16O2/c1-8-6-10-9-4-3-5-11(9)13(8,2)14(7-16-14)12(10)15/h3-4,6,9-11H,5,7H2,1-2H3. The average molecular weight is 216 g/mol. The molecule has 1 saturated carbocycles. The Morgan fingerprint density at radius 3 is 2.94 bits per heavy atom. The van der Waals surface area contributed by atoms with Crippen molar-refractivity contribution in [2.24, 2.45) is 23.2 Å². The number of epoxide rings is 1. The summed E-state index contributed by atoms with van der Waals surface area (Å²) in [6, 6.07) is 0. The lowest BCUT2D eigenvalue weighted by Gasteiger charge is -2.54. The molecule has 5 atom stereocenters. The summed E-state index contributed by atoms with van der Waals surface area (Å²) in [5.41, 5.74) is 0.885. The van der Waals surface area contributed by atoms with E-state index in [4.69, 9.17) is 4.74 Å². The van der Waals surface area contributed by atoms with Crippen molar-refractivity contribution in [2.75, 3.05) is 6.61 Å². The van der Waals surface area contributed by atoms with Crippen molar-refractivity contribution in [3.63, 3.8) is 0 Å². The highest BCUT2D eigenvalue weighted by atomic mass is 16.6. The molecule has 2 nitrogen and oxygen atoms in total. The number of hydrogen-bond acceptors (Lipinski definition) is 2. The minimum absolute atomic E-state index is 0.0486. The summed E-state index contributed by atoms with van der Waals surface area (Å²) in [5.74, 6) is 1.46. The van der Waals surface area contributed by atoms with Crippen LogP contribution in [0.25, 0.3) is 0 Å². The number of allylic oxidation sites excluding steroid dienone is 3. The zero-order chi connectivity index (χ0) is 11.1. The molecule has 84 valence electrons. The Kier molecular flexibility index (Phi) is 1.35. The number of hydrogen-bond donors (Lipinski definition) is 0. The van der Waals surface area contributed by atoms with Crippen molar-refractivity contribution in [1.29, 1.82) is 0 Å². The summed E-state index contributed by atoms with van der Waals surface area (Å²) < 4.78 is 5.65. The highest BCUT2D eigenvalue weighted by Crippen LogP contribution is 2.67. The smallest absolute Gasteiger partial charge is 0.175 e. The molecule has 5 unspecified atom stereocenters. The fourth-order valence-corrected chi connectivity index (χ4v) is 4.42. The molecule has 0 amide bonds. The van der Waals surface area contributed by atoms with Crippen LogP contribution in [0.5, 0.6) is 0 Å². The Labute approximate surface area is 95.4 Å². The summed E-state index contributed by atoms with van der Waals surface area (Å²) in [6.45, 7) is 5.06. The van der Waals surface area contributed by atoms with Gasteiger partial charge in [0, 0.05) is 11.3 Å². The molecule has 0 N–H and O–H groups in total. The maximum absolute atomic E-state index is 12.5. The lowest BCUT2D eigenvalue weighted by molar-refractivity contribution is -0.142. The molecule has 0 aromatic carbocycles. The second kappa shape index (κ2) is 2.35. The third-order valence-electron chi connectivity index (χ3n) is 5.59. The molecule has 0 aromatic rings. The summed E-state index contributed by atoms with van der Waals surface area (Å²) >= 11 is 0. The van der Waals surface area contributed by atoms with Crippen LogP contribution in [0.3, 0.4) is 0 Å². The number of Topliss-reactive ketones (excluding diaryl/α,β-unsaturated/α-hetero) is 1. The molecule has 1 aliphatic heterocycles. The quantitative estimate of drug-likeness (QED) is 0.458. The van der Waals surface area contributed by atoms with E-state index in [9.17, 15) is 4.79 Å². The lowest BCUT2D eigenvalue weighted by Crippen LogP contribution is -2.61. The molecule has 5 aliphatic rings. The first-order valence-corrected chi connectivity index (χ1v) is 6.15. The monoisotopic (exact) mass is 216 g/mol. The zero-order valence-corrected chi connectivity index (χ0v) is 9.69. The minimum Gasteiger partial charge on any atom is -0.360 e. The van der Waals surface area contributed by atoms with Gasteiger partial charge in [-0.25, -0.2) is 0 Å². The maximum atomic E-state index is 12.5. The molecule has 16 heavy (non-hydrogen) atoms. The van der Waals surface area contributed by atoms with E-state index in [1.165, 1.54) is 5.57 Å². The highest BCUT2D eigenvalue weighted by Gasteiger charge is 2.74. The molecule has 1 heterocycles. The largest absolute Gasteiger partial charge is 0.360 e. The molecule has 0 radical (unpaired) electrons. The van der Waals surface area contributed by atoms with Gasteiger partial charge in [-0.2, -0.15) is 0 Å². The molecular weight excluding hydrogens is 200 g/mol. The number of ketones is 1. The fourth-order valence-electron chi connectivity index (χ4n) is 4.42. The Morgan fingerprint density at radius 1 is 1.50 bits per heavy atom. The zero-order valence-electron chi connectivity index (χ0n) is 9.69. The Morgan fingerprint density at radius 2 is 2.25 bits per heavy atom. The van der Waals surface area contributed by atoms with E-state index in [1.54, 1.807) is 0 Å². The van der Waals surface area contributed by atoms with Gasteiger partial charge in [0.15, 0.2) is 11.4 Å².